The van der Waals surface area contributed by atoms with Crippen LogP contribution in [0.3, 0.4) is 0 Å². The highest BCUT2D eigenvalue weighted by atomic mass is 15.2. The van der Waals surface area contributed by atoms with Crippen molar-refractivity contribution in [3.8, 4) is 51.2 Å². The zero-order valence-electron chi connectivity index (χ0n) is 31.0. The molecule has 0 saturated heterocycles. The Labute approximate surface area is 332 Å². The lowest BCUT2D eigenvalue weighted by molar-refractivity contribution is 0.954. The molecule has 6 aromatic heterocycles. The van der Waals surface area contributed by atoms with Crippen LogP contribution in [0.25, 0.3) is 111 Å². The first-order valence-corrected chi connectivity index (χ1v) is 19.3. The number of benzene rings is 6. The van der Waals surface area contributed by atoms with E-state index in [9.17, 15) is 0 Å². The summed E-state index contributed by atoms with van der Waals surface area (Å²) in [6.07, 6.45) is 3.63. The summed E-state index contributed by atoms with van der Waals surface area (Å²) in [6, 6.07) is 61.2. The first-order chi connectivity index (χ1) is 28.8. The number of aromatic nitrogens is 7. The molecule has 7 nitrogen and oxygen atoms in total. The molecular weight excluding hydrogens is 711 g/mol. The van der Waals surface area contributed by atoms with E-state index in [-0.39, 0.29) is 0 Å². The van der Waals surface area contributed by atoms with Crippen LogP contribution < -0.4 is 0 Å². The number of fused-ring (bicyclic) bond motifs is 12. The van der Waals surface area contributed by atoms with Gasteiger partial charge in [-0.2, -0.15) is 9.97 Å². The fraction of sp³-hybridized carbons (Fsp3) is 0. The van der Waals surface area contributed by atoms with Crippen molar-refractivity contribution in [3.63, 3.8) is 0 Å². The molecule has 0 atom stereocenters. The number of rotatable bonds is 5. The maximum Gasteiger partial charge on any atom is 0.238 e. The van der Waals surface area contributed by atoms with Crippen LogP contribution in [0.15, 0.2) is 188 Å². The largest absolute Gasteiger partial charge is 0.307 e. The second-order valence-corrected chi connectivity index (χ2v) is 14.6. The molecule has 0 radical (unpaired) electrons. The molecule has 0 spiro atoms. The standard InChI is InChI=1S/C51H31N7/c1-5-23-44-34(13-1)31-46-38-19-3-2-18-37(38)40-25-26-41-39-20-4-6-24-45(39)58(48(41)47(40)57(44)46)51-55-49(35-16-11-14-32(29-35)42-21-7-9-27-52-42)54-50(56-51)36-17-12-15-33(30-36)43-22-8-10-28-53-43/h1-31H. The highest BCUT2D eigenvalue weighted by molar-refractivity contribution is 6.25. The Morgan fingerprint density at radius 3 is 1.52 bits per heavy atom. The van der Waals surface area contributed by atoms with Crippen molar-refractivity contribution in [2.45, 2.75) is 0 Å². The normalized spacial score (nSPS) is 11.8. The topological polar surface area (TPSA) is 73.8 Å². The van der Waals surface area contributed by atoms with Crippen molar-refractivity contribution in [1.29, 1.82) is 0 Å². The minimum atomic E-state index is 0.531. The minimum absolute atomic E-state index is 0.531. The molecular formula is C51H31N7. The third-order valence-electron chi connectivity index (χ3n) is 11.2. The Kier molecular flexibility index (Phi) is 7.09. The summed E-state index contributed by atoms with van der Waals surface area (Å²) in [5, 5.41) is 6.98. The molecule has 6 heterocycles. The average Bonchev–Trinajstić information content (AvgIpc) is 3.86. The molecule has 0 aliphatic heterocycles. The fourth-order valence-corrected chi connectivity index (χ4v) is 8.65. The Bertz CT molecular complexity index is 3470. The van der Waals surface area contributed by atoms with Gasteiger partial charge in [-0.05, 0) is 60.0 Å². The average molecular weight is 742 g/mol. The van der Waals surface area contributed by atoms with Gasteiger partial charge in [0.1, 0.15) is 0 Å². The van der Waals surface area contributed by atoms with Gasteiger partial charge in [-0.15, -0.1) is 0 Å². The second kappa shape index (κ2) is 12.8. The predicted octanol–water partition coefficient (Wildman–Crippen LogP) is 12.1. The summed E-state index contributed by atoms with van der Waals surface area (Å²) in [6.45, 7) is 0. The predicted molar refractivity (Wildman–Crippen MR) is 235 cm³/mol. The lowest BCUT2D eigenvalue weighted by Crippen LogP contribution is -2.07. The van der Waals surface area contributed by atoms with Crippen LogP contribution in [0.2, 0.25) is 0 Å². The molecule has 58 heavy (non-hydrogen) atoms. The maximum atomic E-state index is 5.39. The summed E-state index contributed by atoms with van der Waals surface area (Å²) in [5.74, 6) is 1.66. The lowest BCUT2D eigenvalue weighted by Gasteiger charge is -2.15. The summed E-state index contributed by atoms with van der Waals surface area (Å²) in [5.41, 5.74) is 10.9. The molecule has 6 aromatic carbocycles. The number of nitrogens with zero attached hydrogens (tertiary/aromatic N) is 7. The van der Waals surface area contributed by atoms with E-state index in [1.54, 1.807) is 0 Å². The summed E-state index contributed by atoms with van der Waals surface area (Å²) in [4.78, 5) is 25.3. The van der Waals surface area contributed by atoms with Crippen LogP contribution in [0, 0.1) is 0 Å². The molecule has 0 saturated carbocycles. The number of hydrogen-bond donors (Lipinski definition) is 0. The van der Waals surface area contributed by atoms with E-state index >= 15 is 0 Å². The van der Waals surface area contributed by atoms with Gasteiger partial charge in [0.2, 0.25) is 5.95 Å². The monoisotopic (exact) mass is 741 g/mol. The Balaban J connectivity index is 1.21. The van der Waals surface area contributed by atoms with E-state index in [4.69, 9.17) is 15.0 Å². The zero-order valence-corrected chi connectivity index (χ0v) is 31.0. The Morgan fingerprint density at radius 1 is 0.345 bits per heavy atom. The van der Waals surface area contributed by atoms with Crippen molar-refractivity contribution in [3.05, 3.63) is 188 Å². The van der Waals surface area contributed by atoms with Gasteiger partial charge in [0.25, 0.3) is 0 Å². The molecule has 12 aromatic rings. The van der Waals surface area contributed by atoms with E-state index in [1.807, 2.05) is 60.9 Å². The third-order valence-corrected chi connectivity index (χ3v) is 11.2. The van der Waals surface area contributed by atoms with E-state index < -0.39 is 0 Å². The van der Waals surface area contributed by atoms with Gasteiger partial charge < -0.3 is 4.40 Å². The van der Waals surface area contributed by atoms with Gasteiger partial charge in [-0.1, -0.05) is 121 Å². The molecule has 270 valence electrons. The summed E-state index contributed by atoms with van der Waals surface area (Å²) in [7, 11) is 0. The van der Waals surface area contributed by atoms with E-state index in [1.165, 1.54) is 16.2 Å². The van der Waals surface area contributed by atoms with Crippen LogP contribution in [0.1, 0.15) is 0 Å². The van der Waals surface area contributed by atoms with Gasteiger partial charge in [-0.3, -0.25) is 14.5 Å². The molecule has 0 amide bonds. The quantitative estimate of drug-likeness (QED) is 0.164. The van der Waals surface area contributed by atoms with Crippen molar-refractivity contribution < 1.29 is 0 Å². The van der Waals surface area contributed by atoms with Gasteiger partial charge in [0.15, 0.2) is 11.6 Å². The van der Waals surface area contributed by atoms with Crippen LogP contribution in [-0.4, -0.2) is 33.9 Å². The Morgan fingerprint density at radius 2 is 0.879 bits per heavy atom. The van der Waals surface area contributed by atoms with Crippen LogP contribution in [0.4, 0.5) is 0 Å². The molecule has 7 heteroatoms. The Hall–Kier alpha value is -8.03. The molecule has 0 aliphatic rings. The van der Waals surface area contributed by atoms with Crippen molar-refractivity contribution in [2.75, 3.05) is 0 Å². The first kappa shape index (κ1) is 32.2. The fourth-order valence-electron chi connectivity index (χ4n) is 8.65. The van der Waals surface area contributed by atoms with E-state index in [2.05, 4.69) is 146 Å². The SMILES string of the molecule is c1ccc(-c2cccc(-c3nc(-c4cccc(-c5ccccn5)c4)nc(-n4c5ccccc5c5ccc6c7ccccc7c7cc8ccccc8n7c6c54)n3)c2)nc1. The zero-order chi connectivity index (χ0) is 38.2. The maximum absolute atomic E-state index is 5.39. The van der Waals surface area contributed by atoms with Crippen molar-refractivity contribution in [2.24, 2.45) is 0 Å². The van der Waals surface area contributed by atoms with Gasteiger partial charge in [-0.25, -0.2) is 4.98 Å². The number of hydrogen-bond acceptors (Lipinski definition) is 5. The second-order valence-electron chi connectivity index (χ2n) is 14.6. The smallest absolute Gasteiger partial charge is 0.238 e. The summed E-state index contributed by atoms with van der Waals surface area (Å²) < 4.78 is 4.68. The summed E-state index contributed by atoms with van der Waals surface area (Å²) >= 11 is 0. The first-order valence-electron chi connectivity index (χ1n) is 19.3. The third kappa shape index (κ3) is 4.97. The molecule has 0 bridgehead atoms. The van der Waals surface area contributed by atoms with Crippen molar-refractivity contribution in [1.82, 2.24) is 33.9 Å². The number of pyridine rings is 3. The van der Waals surface area contributed by atoms with Crippen LogP contribution in [0.5, 0.6) is 0 Å². The van der Waals surface area contributed by atoms with E-state index in [0.717, 1.165) is 77.4 Å². The molecule has 0 aliphatic carbocycles. The molecule has 0 unspecified atom stereocenters. The van der Waals surface area contributed by atoms with Crippen LogP contribution in [-0.2, 0) is 0 Å². The van der Waals surface area contributed by atoms with E-state index in [0.29, 0.717) is 17.6 Å². The lowest BCUT2D eigenvalue weighted by atomic mass is 10.0. The number of para-hydroxylation sites is 2. The van der Waals surface area contributed by atoms with Gasteiger partial charge in [0, 0.05) is 61.6 Å². The minimum Gasteiger partial charge on any atom is -0.307 e. The van der Waals surface area contributed by atoms with Crippen molar-refractivity contribution >= 4 is 59.9 Å². The molecule has 0 fully saturated rings. The van der Waals surface area contributed by atoms with Gasteiger partial charge >= 0.3 is 0 Å². The van der Waals surface area contributed by atoms with Gasteiger partial charge in [0.05, 0.1) is 39.0 Å². The molecule has 0 N–H and O–H groups in total. The highest BCUT2D eigenvalue weighted by Gasteiger charge is 2.23. The van der Waals surface area contributed by atoms with Crippen LogP contribution >= 0.6 is 0 Å². The molecule has 12 rings (SSSR count). The highest BCUT2D eigenvalue weighted by Crippen LogP contribution is 2.42.